The normalized spacial score (nSPS) is 11.6. The van der Waals surface area contributed by atoms with Gasteiger partial charge >= 0.3 is 0 Å². The number of nitrogens with one attached hydrogen (secondary N) is 1. The number of benzene rings is 1. The Balaban J connectivity index is 2.82. The van der Waals surface area contributed by atoms with Gasteiger partial charge in [0.05, 0.1) is 6.54 Å². The molecule has 0 spiro atoms. The molecular weight excluding hydrogens is 156 g/mol. The molecule has 0 aromatic heterocycles. The van der Waals surface area contributed by atoms with Crippen molar-refractivity contribution in [2.24, 2.45) is 5.16 Å². The van der Waals surface area contributed by atoms with Crippen molar-refractivity contribution >= 4 is 5.71 Å². The lowest BCUT2D eigenvalue weighted by atomic mass is 10.1. The molecule has 1 aromatic carbocycles. The maximum atomic E-state index is 8.55. The van der Waals surface area contributed by atoms with Crippen LogP contribution >= 0.6 is 0 Å². The van der Waals surface area contributed by atoms with Gasteiger partial charge in [0.15, 0.2) is 0 Å². The average Bonchev–Trinajstić information content (AvgIpc) is 2.15. The lowest BCUT2D eigenvalue weighted by molar-refractivity contribution is 0.182. The maximum Gasteiger partial charge on any atom is 0.103 e. The van der Waals surface area contributed by atoms with Gasteiger partial charge in [0, 0.05) is 5.56 Å². The molecule has 1 rings (SSSR count). The highest BCUT2D eigenvalue weighted by Crippen LogP contribution is 1.99. The lowest BCUT2D eigenvalue weighted by Crippen LogP contribution is -2.20. The summed E-state index contributed by atoms with van der Waals surface area (Å²) in [5.41, 5.74) is 3.11. The number of hydrogen-bond donors (Lipinski definition) is 3. The summed E-state index contributed by atoms with van der Waals surface area (Å²) in [7, 11) is 0. The van der Waals surface area contributed by atoms with Crippen LogP contribution in [0, 0.1) is 0 Å². The largest absolute Gasteiger partial charge is 0.411 e. The number of oxime groups is 1. The van der Waals surface area contributed by atoms with Gasteiger partial charge in [-0.15, -0.1) is 0 Å². The highest BCUT2D eigenvalue weighted by molar-refractivity contribution is 6.01. The second-order valence-corrected chi connectivity index (χ2v) is 2.25. The molecule has 0 aliphatic heterocycles. The van der Waals surface area contributed by atoms with E-state index in [2.05, 4.69) is 5.16 Å². The van der Waals surface area contributed by atoms with Crippen LogP contribution in [-0.4, -0.2) is 22.7 Å². The van der Waals surface area contributed by atoms with Gasteiger partial charge in [-0.2, -0.15) is 5.48 Å². The van der Waals surface area contributed by atoms with Crippen molar-refractivity contribution < 1.29 is 10.4 Å². The van der Waals surface area contributed by atoms with E-state index in [0.29, 0.717) is 5.71 Å². The van der Waals surface area contributed by atoms with Crippen LogP contribution in [0.1, 0.15) is 5.56 Å². The summed E-state index contributed by atoms with van der Waals surface area (Å²) >= 11 is 0. The monoisotopic (exact) mass is 166 g/mol. The third-order valence-electron chi connectivity index (χ3n) is 1.47. The Kier molecular flexibility index (Phi) is 3.25. The van der Waals surface area contributed by atoms with E-state index in [1.807, 2.05) is 23.7 Å². The summed E-state index contributed by atoms with van der Waals surface area (Å²) in [6.45, 7) is 0.126. The van der Waals surface area contributed by atoms with Crippen molar-refractivity contribution in [1.82, 2.24) is 5.48 Å². The van der Waals surface area contributed by atoms with Crippen LogP contribution in [0.3, 0.4) is 0 Å². The molecule has 4 heteroatoms. The van der Waals surface area contributed by atoms with Crippen LogP contribution in [0.15, 0.2) is 35.5 Å². The molecule has 0 aliphatic rings. The highest BCUT2D eigenvalue weighted by Gasteiger charge is 2.00. The first-order valence-corrected chi connectivity index (χ1v) is 3.52. The summed E-state index contributed by atoms with van der Waals surface area (Å²) in [5, 5.41) is 20.0. The molecule has 0 fully saturated rings. The first-order valence-electron chi connectivity index (χ1n) is 3.52. The van der Waals surface area contributed by atoms with Gasteiger partial charge in [-0.25, -0.2) is 0 Å². The predicted molar refractivity (Wildman–Crippen MR) is 44.6 cm³/mol. The molecule has 0 unspecified atom stereocenters. The first-order chi connectivity index (χ1) is 5.88. The van der Waals surface area contributed by atoms with Gasteiger partial charge in [0.2, 0.25) is 0 Å². The third-order valence-corrected chi connectivity index (χ3v) is 1.47. The molecule has 0 amide bonds. The average molecular weight is 166 g/mol. The topological polar surface area (TPSA) is 64.9 Å². The minimum absolute atomic E-state index is 0.126. The van der Waals surface area contributed by atoms with Crippen molar-refractivity contribution in [3.8, 4) is 0 Å². The summed E-state index contributed by atoms with van der Waals surface area (Å²) in [5.74, 6) is 0. The van der Waals surface area contributed by atoms with Crippen molar-refractivity contribution in [3.05, 3.63) is 35.9 Å². The van der Waals surface area contributed by atoms with E-state index in [0.717, 1.165) is 5.56 Å². The van der Waals surface area contributed by atoms with E-state index in [4.69, 9.17) is 10.4 Å². The van der Waals surface area contributed by atoms with Gasteiger partial charge < -0.3 is 10.4 Å². The molecule has 0 aliphatic carbocycles. The number of rotatable bonds is 3. The molecule has 0 saturated carbocycles. The Hall–Kier alpha value is -1.39. The zero-order chi connectivity index (χ0) is 8.81. The Morgan fingerprint density at radius 1 is 1.33 bits per heavy atom. The molecule has 0 heterocycles. The van der Waals surface area contributed by atoms with Crippen molar-refractivity contribution in [2.75, 3.05) is 6.54 Å². The Morgan fingerprint density at radius 2 is 2.00 bits per heavy atom. The van der Waals surface area contributed by atoms with Crippen LogP contribution in [0.5, 0.6) is 0 Å². The van der Waals surface area contributed by atoms with E-state index >= 15 is 0 Å². The maximum absolute atomic E-state index is 8.55. The van der Waals surface area contributed by atoms with Crippen LogP contribution < -0.4 is 5.48 Å². The van der Waals surface area contributed by atoms with Crippen molar-refractivity contribution in [1.29, 1.82) is 0 Å². The van der Waals surface area contributed by atoms with Crippen molar-refractivity contribution in [2.45, 2.75) is 0 Å². The zero-order valence-electron chi connectivity index (χ0n) is 6.44. The Labute approximate surface area is 70.1 Å². The lowest BCUT2D eigenvalue weighted by Gasteiger charge is -2.01. The summed E-state index contributed by atoms with van der Waals surface area (Å²) in [6, 6.07) is 9.12. The number of hydrogen-bond acceptors (Lipinski definition) is 4. The van der Waals surface area contributed by atoms with Gasteiger partial charge in [-0.1, -0.05) is 35.5 Å². The molecule has 0 radical (unpaired) electrons. The fraction of sp³-hybridized carbons (Fsp3) is 0.125. The van der Waals surface area contributed by atoms with E-state index < -0.39 is 0 Å². The quantitative estimate of drug-likeness (QED) is 0.354. The highest BCUT2D eigenvalue weighted by atomic mass is 16.5. The van der Waals surface area contributed by atoms with E-state index in [-0.39, 0.29) is 6.54 Å². The second kappa shape index (κ2) is 4.48. The first kappa shape index (κ1) is 8.70. The van der Waals surface area contributed by atoms with Crippen LogP contribution in [0.25, 0.3) is 0 Å². The number of hydroxylamine groups is 1. The van der Waals surface area contributed by atoms with Gasteiger partial charge in [0.1, 0.15) is 5.71 Å². The molecule has 0 bridgehead atoms. The van der Waals surface area contributed by atoms with E-state index in [1.54, 1.807) is 12.1 Å². The zero-order valence-corrected chi connectivity index (χ0v) is 6.44. The van der Waals surface area contributed by atoms with E-state index in [1.165, 1.54) is 0 Å². The molecule has 4 nitrogen and oxygen atoms in total. The standard InChI is InChI=1S/C8H10N2O2/c11-9-6-8(10-12)7-4-2-1-3-5-7/h1-5,9,11-12H,6H2/b10-8-. The number of nitrogens with zero attached hydrogens (tertiary/aromatic N) is 1. The third kappa shape index (κ3) is 2.05. The molecule has 0 atom stereocenters. The molecular formula is C8H10N2O2. The van der Waals surface area contributed by atoms with Gasteiger partial charge in [0.25, 0.3) is 0 Å². The van der Waals surface area contributed by atoms with Crippen LogP contribution in [0.4, 0.5) is 0 Å². The SMILES string of the molecule is O/N=C(/CNO)c1ccccc1. The fourth-order valence-electron chi connectivity index (χ4n) is 0.901. The van der Waals surface area contributed by atoms with Crippen LogP contribution in [0.2, 0.25) is 0 Å². The summed E-state index contributed by atoms with van der Waals surface area (Å²) in [4.78, 5) is 0. The van der Waals surface area contributed by atoms with Gasteiger partial charge in [-0.3, -0.25) is 0 Å². The fourth-order valence-corrected chi connectivity index (χ4v) is 0.901. The molecule has 1 aromatic rings. The molecule has 64 valence electrons. The minimum Gasteiger partial charge on any atom is -0.411 e. The van der Waals surface area contributed by atoms with Gasteiger partial charge in [-0.05, 0) is 0 Å². The molecule has 3 N–H and O–H groups in total. The smallest absolute Gasteiger partial charge is 0.103 e. The van der Waals surface area contributed by atoms with Crippen molar-refractivity contribution in [3.63, 3.8) is 0 Å². The van der Waals surface area contributed by atoms with E-state index in [9.17, 15) is 0 Å². The molecule has 12 heavy (non-hydrogen) atoms. The molecule has 0 saturated heterocycles. The Bertz CT molecular complexity index is 259. The summed E-state index contributed by atoms with van der Waals surface area (Å²) in [6.07, 6.45) is 0. The van der Waals surface area contributed by atoms with Crippen LogP contribution in [-0.2, 0) is 0 Å². The second-order valence-electron chi connectivity index (χ2n) is 2.25. The Morgan fingerprint density at radius 3 is 2.50 bits per heavy atom. The minimum atomic E-state index is 0.126. The predicted octanol–water partition coefficient (Wildman–Crippen LogP) is 0.844. The summed E-state index contributed by atoms with van der Waals surface area (Å²) < 4.78 is 0.